The van der Waals surface area contributed by atoms with Gasteiger partial charge in [-0.3, -0.25) is 4.79 Å². The van der Waals surface area contributed by atoms with Crippen LogP contribution < -0.4 is 16.2 Å². The molecule has 142 valence electrons. The summed E-state index contributed by atoms with van der Waals surface area (Å²) in [5, 5.41) is 7.79. The number of hydrogen-bond acceptors (Lipinski definition) is 6. The molecule has 26 heavy (non-hydrogen) atoms. The van der Waals surface area contributed by atoms with E-state index in [1.54, 1.807) is 12.1 Å². The standard InChI is InChI=1S/C17H24N4O4S/c1-11(2)9-14(18)17-21-15(10-25-17)16(22)20-8-7-12-3-5-13(6-4-12)26(19,23)24/h3-6,10-11,14H,7-9,18H2,1-2H3,(H,20,22)(H2,19,23,24). The summed E-state index contributed by atoms with van der Waals surface area (Å²) in [7, 11) is -3.70. The zero-order chi connectivity index (χ0) is 19.3. The van der Waals surface area contributed by atoms with Crippen molar-refractivity contribution >= 4 is 15.9 Å². The topological polar surface area (TPSA) is 141 Å². The molecule has 1 heterocycles. The molecule has 2 rings (SSSR count). The van der Waals surface area contributed by atoms with E-state index in [1.807, 2.05) is 13.8 Å². The molecule has 0 spiro atoms. The Balaban J connectivity index is 1.86. The largest absolute Gasteiger partial charge is 0.446 e. The minimum absolute atomic E-state index is 0.0538. The molecule has 8 nitrogen and oxygen atoms in total. The molecule has 2 aromatic rings. The lowest BCUT2D eigenvalue weighted by Gasteiger charge is -2.09. The van der Waals surface area contributed by atoms with Crippen molar-refractivity contribution in [2.75, 3.05) is 6.54 Å². The first-order valence-corrected chi connectivity index (χ1v) is 9.82. The van der Waals surface area contributed by atoms with Crippen LogP contribution in [-0.2, 0) is 16.4 Å². The fourth-order valence-electron chi connectivity index (χ4n) is 2.43. The molecule has 0 radical (unpaired) electrons. The molecule has 9 heteroatoms. The van der Waals surface area contributed by atoms with Gasteiger partial charge in [0.1, 0.15) is 6.26 Å². The molecular formula is C17H24N4O4S. The van der Waals surface area contributed by atoms with E-state index in [2.05, 4.69) is 10.3 Å². The number of rotatable bonds is 8. The van der Waals surface area contributed by atoms with Gasteiger partial charge in [-0.2, -0.15) is 0 Å². The van der Waals surface area contributed by atoms with Crippen LogP contribution in [0.5, 0.6) is 0 Å². The van der Waals surface area contributed by atoms with Gasteiger partial charge >= 0.3 is 0 Å². The summed E-state index contributed by atoms with van der Waals surface area (Å²) >= 11 is 0. The number of benzene rings is 1. The number of sulfonamides is 1. The zero-order valence-corrected chi connectivity index (χ0v) is 15.6. The molecular weight excluding hydrogens is 356 g/mol. The minimum Gasteiger partial charge on any atom is -0.446 e. The molecule has 1 atom stereocenters. The summed E-state index contributed by atoms with van der Waals surface area (Å²) in [5.41, 5.74) is 7.05. The lowest BCUT2D eigenvalue weighted by atomic mass is 10.0. The summed E-state index contributed by atoms with van der Waals surface area (Å²) in [6.45, 7) is 4.46. The van der Waals surface area contributed by atoms with Gasteiger partial charge in [-0.05, 0) is 36.5 Å². The zero-order valence-electron chi connectivity index (χ0n) is 14.8. The molecule has 1 aromatic carbocycles. The maximum absolute atomic E-state index is 12.1. The number of carbonyl (C=O) groups is 1. The third kappa shape index (κ3) is 5.65. The number of primary sulfonamides is 1. The van der Waals surface area contributed by atoms with Gasteiger partial charge in [0.15, 0.2) is 5.69 Å². The van der Waals surface area contributed by atoms with E-state index >= 15 is 0 Å². The molecule has 5 N–H and O–H groups in total. The van der Waals surface area contributed by atoms with E-state index in [4.69, 9.17) is 15.3 Å². The van der Waals surface area contributed by atoms with Gasteiger partial charge in [-0.1, -0.05) is 26.0 Å². The number of nitrogens with two attached hydrogens (primary N) is 2. The van der Waals surface area contributed by atoms with Gasteiger partial charge < -0.3 is 15.5 Å². The summed E-state index contributed by atoms with van der Waals surface area (Å²) in [4.78, 5) is 16.3. The second kappa shape index (κ2) is 8.43. The maximum atomic E-state index is 12.1. The first-order chi connectivity index (χ1) is 12.2. The molecule has 0 bridgehead atoms. The van der Waals surface area contributed by atoms with Gasteiger partial charge in [0.2, 0.25) is 15.9 Å². The Labute approximate surface area is 153 Å². The molecule has 0 fully saturated rings. The summed E-state index contributed by atoms with van der Waals surface area (Å²) in [6, 6.07) is 5.85. The Kier molecular flexibility index (Phi) is 6.52. The molecule has 0 aliphatic carbocycles. The molecule has 1 unspecified atom stereocenters. The number of oxazole rings is 1. The highest BCUT2D eigenvalue weighted by molar-refractivity contribution is 7.89. The van der Waals surface area contributed by atoms with Crippen molar-refractivity contribution in [3.8, 4) is 0 Å². The Bertz CT molecular complexity index is 844. The lowest BCUT2D eigenvalue weighted by molar-refractivity contribution is 0.0949. The van der Waals surface area contributed by atoms with Gasteiger partial charge in [0, 0.05) is 6.54 Å². The van der Waals surface area contributed by atoms with E-state index in [0.29, 0.717) is 24.8 Å². The van der Waals surface area contributed by atoms with Crippen LogP contribution in [0.1, 0.15) is 48.3 Å². The van der Waals surface area contributed by atoms with E-state index in [0.717, 1.165) is 12.0 Å². The van der Waals surface area contributed by atoms with Crippen molar-refractivity contribution in [1.29, 1.82) is 0 Å². The SMILES string of the molecule is CC(C)CC(N)c1nc(C(=O)NCCc2ccc(S(N)(=O)=O)cc2)co1. The first kappa shape index (κ1) is 20.1. The van der Waals surface area contributed by atoms with Gasteiger partial charge in [-0.25, -0.2) is 18.5 Å². The Morgan fingerprint density at radius 3 is 2.50 bits per heavy atom. The molecule has 1 amide bonds. The molecule has 0 aliphatic heterocycles. The lowest BCUT2D eigenvalue weighted by Crippen LogP contribution is -2.26. The van der Waals surface area contributed by atoms with Crippen LogP contribution in [0.4, 0.5) is 0 Å². The first-order valence-electron chi connectivity index (χ1n) is 8.27. The summed E-state index contributed by atoms with van der Waals surface area (Å²) < 4.78 is 27.7. The fraction of sp³-hybridized carbons (Fsp3) is 0.412. The van der Waals surface area contributed by atoms with Gasteiger partial charge in [-0.15, -0.1) is 0 Å². The Morgan fingerprint density at radius 2 is 1.92 bits per heavy atom. The minimum atomic E-state index is -3.70. The molecule has 0 aliphatic rings. The van der Waals surface area contributed by atoms with Crippen LogP contribution in [0.3, 0.4) is 0 Å². The number of aromatic nitrogens is 1. The molecule has 0 saturated heterocycles. The van der Waals surface area contributed by atoms with Crippen LogP contribution in [-0.4, -0.2) is 25.9 Å². The smallest absolute Gasteiger partial charge is 0.273 e. The number of nitrogens with one attached hydrogen (secondary N) is 1. The second-order valence-electron chi connectivity index (χ2n) is 6.50. The molecule has 0 saturated carbocycles. The quantitative estimate of drug-likeness (QED) is 0.631. The summed E-state index contributed by atoms with van der Waals surface area (Å²) in [5.74, 6) is 0.398. The highest BCUT2D eigenvalue weighted by Gasteiger charge is 2.17. The predicted molar refractivity (Wildman–Crippen MR) is 96.7 cm³/mol. The van der Waals surface area contributed by atoms with Gasteiger partial charge in [0.05, 0.1) is 10.9 Å². The monoisotopic (exact) mass is 380 g/mol. The number of amides is 1. The van der Waals surface area contributed by atoms with E-state index in [-0.39, 0.29) is 22.5 Å². The Hall–Kier alpha value is -2.23. The number of nitrogens with zero attached hydrogens (tertiary/aromatic N) is 1. The fourth-order valence-corrected chi connectivity index (χ4v) is 2.94. The van der Waals surface area contributed by atoms with Crippen LogP contribution in [0.15, 0.2) is 39.8 Å². The average Bonchev–Trinajstić information content (AvgIpc) is 3.04. The van der Waals surface area contributed by atoms with Crippen LogP contribution in [0.2, 0.25) is 0 Å². The third-order valence-electron chi connectivity index (χ3n) is 3.75. The van der Waals surface area contributed by atoms with Crippen molar-refractivity contribution in [3.05, 3.63) is 47.7 Å². The normalized spacial score (nSPS) is 13.0. The van der Waals surface area contributed by atoms with Gasteiger partial charge in [0.25, 0.3) is 5.91 Å². The van der Waals surface area contributed by atoms with Crippen LogP contribution >= 0.6 is 0 Å². The van der Waals surface area contributed by atoms with Crippen molar-refractivity contribution in [2.24, 2.45) is 16.8 Å². The van der Waals surface area contributed by atoms with Crippen LogP contribution in [0.25, 0.3) is 0 Å². The van der Waals surface area contributed by atoms with E-state index < -0.39 is 10.0 Å². The van der Waals surface area contributed by atoms with Crippen molar-refractivity contribution in [1.82, 2.24) is 10.3 Å². The second-order valence-corrected chi connectivity index (χ2v) is 8.06. The number of carbonyl (C=O) groups excluding carboxylic acids is 1. The van der Waals surface area contributed by atoms with Crippen molar-refractivity contribution in [3.63, 3.8) is 0 Å². The van der Waals surface area contributed by atoms with Crippen molar-refractivity contribution < 1.29 is 17.6 Å². The average molecular weight is 380 g/mol. The number of hydrogen-bond donors (Lipinski definition) is 3. The van der Waals surface area contributed by atoms with Crippen molar-refractivity contribution in [2.45, 2.75) is 37.6 Å². The van der Waals surface area contributed by atoms with E-state index in [9.17, 15) is 13.2 Å². The van der Waals surface area contributed by atoms with E-state index in [1.165, 1.54) is 18.4 Å². The summed E-state index contributed by atoms with van der Waals surface area (Å²) in [6.07, 6.45) is 2.55. The molecule has 1 aromatic heterocycles. The highest BCUT2D eigenvalue weighted by Crippen LogP contribution is 2.18. The highest BCUT2D eigenvalue weighted by atomic mass is 32.2. The maximum Gasteiger partial charge on any atom is 0.273 e. The third-order valence-corrected chi connectivity index (χ3v) is 4.68. The predicted octanol–water partition coefficient (Wildman–Crippen LogP) is 1.34. The van der Waals surface area contributed by atoms with Crippen LogP contribution in [0, 0.1) is 5.92 Å². The Morgan fingerprint density at radius 1 is 1.27 bits per heavy atom.